The number of carbonyl (C=O) groups is 2. The molecule has 0 radical (unpaired) electrons. The molecule has 0 spiro atoms. The SMILES string of the molecule is CC(N)Cn1ccc2c1-c1cc(OS(C)(=O)=O)ccc1C2.O=C(O)/C=C/C(=O)O. The smallest absolute Gasteiger partial charge is 0.328 e. The van der Waals surface area contributed by atoms with Crippen LogP contribution >= 0.6 is 0 Å². The van der Waals surface area contributed by atoms with Crippen molar-refractivity contribution in [3.63, 3.8) is 0 Å². The first-order chi connectivity index (χ1) is 13.5. The van der Waals surface area contributed by atoms with E-state index in [4.69, 9.17) is 20.1 Å². The van der Waals surface area contributed by atoms with Gasteiger partial charge in [-0.05, 0) is 36.2 Å². The summed E-state index contributed by atoms with van der Waals surface area (Å²) in [5.41, 5.74) is 10.4. The molecule has 29 heavy (non-hydrogen) atoms. The van der Waals surface area contributed by atoms with Gasteiger partial charge in [0.15, 0.2) is 0 Å². The van der Waals surface area contributed by atoms with Crippen LogP contribution in [0.25, 0.3) is 11.3 Å². The van der Waals surface area contributed by atoms with Crippen molar-refractivity contribution in [3.8, 4) is 17.0 Å². The first kappa shape index (κ1) is 22.2. The van der Waals surface area contributed by atoms with E-state index in [2.05, 4.69) is 10.6 Å². The van der Waals surface area contributed by atoms with Crippen LogP contribution in [0.15, 0.2) is 42.6 Å². The third kappa shape index (κ3) is 6.47. The van der Waals surface area contributed by atoms with Crippen molar-refractivity contribution in [1.82, 2.24) is 4.57 Å². The topological polar surface area (TPSA) is 149 Å². The summed E-state index contributed by atoms with van der Waals surface area (Å²) in [6, 6.07) is 7.56. The normalized spacial score (nSPS) is 13.2. The summed E-state index contributed by atoms with van der Waals surface area (Å²) < 4.78 is 29.6. The maximum atomic E-state index is 11.3. The van der Waals surface area contributed by atoms with Crippen LogP contribution in [0.3, 0.4) is 0 Å². The molecule has 0 saturated carbocycles. The Morgan fingerprint density at radius 2 is 1.83 bits per heavy atom. The molecule has 10 heteroatoms. The average Bonchev–Trinajstić information content (AvgIpc) is 3.11. The van der Waals surface area contributed by atoms with Crippen LogP contribution in [0.1, 0.15) is 18.1 Å². The lowest BCUT2D eigenvalue weighted by molar-refractivity contribution is -0.134. The van der Waals surface area contributed by atoms with Crippen LogP contribution < -0.4 is 9.92 Å². The number of nitrogens with two attached hydrogens (primary N) is 1. The highest BCUT2D eigenvalue weighted by molar-refractivity contribution is 7.86. The van der Waals surface area contributed by atoms with Crippen LogP contribution in [-0.4, -0.2) is 47.4 Å². The molecule has 0 aliphatic heterocycles. The molecule has 0 saturated heterocycles. The molecule has 156 valence electrons. The van der Waals surface area contributed by atoms with Crippen molar-refractivity contribution in [3.05, 3.63) is 53.7 Å². The fourth-order valence-corrected chi connectivity index (χ4v) is 3.41. The van der Waals surface area contributed by atoms with Gasteiger partial charge in [0, 0.05) is 42.9 Å². The van der Waals surface area contributed by atoms with E-state index in [0.29, 0.717) is 17.9 Å². The number of rotatable bonds is 6. The number of nitrogens with zero attached hydrogens (tertiary/aromatic N) is 1. The van der Waals surface area contributed by atoms with E-state index in [9.17, 15) is 18.0 Å². The van der Waals surface area contributed by atoms with Gasteiger partial charge >= 0.3 is 22.1 Å². The fraction of sp³-hybridized carbons (Fsp3) is 0.263. The average molecular weight is 422 g/mol. The largest absolute Gasteiger partial charge is 0.478 e. The summed E-state index contributed by atoms with van der Waals surface area (Å²) in [5.74, 6) is -2.17. The van der Waals surface area contributed by atoms with E-state index in [1.165, 1.54) is 11.1 Å². The van der Waals surface area contributed by atoms with Gasteiger partial charge in [-0.15, -0.1) is 0 Å². The van der Waals surface area contributed by atoms with Gasteiger partial charge < -0.3 is 24.7 Å². The Morgan fingerprint density at radius 1 is 1.21 bits per heavy atom. The minimum absolute atomic E-state index is 0.0565. The van der Waals surface area contributed by atoms with Crippen molar-refractivity contribution in [2.45, 2.75) is 25.9 Å². The highest BCUT2D eigenvalue weighted by Crippen LogP contribution is 2.39. The molecule has 9 nitrogen and oxygen atoms in total. The molecule has 1 aromatic heterocycles. The Hall–Kier alpha value is -3.11. The molecule has 1 aliphatic rings. The van der Waals surface area contributed by atoms with Gasteiger partial charge in [-0.1, -0.05) is 6.07 Å². The van der Waals surface area contributed by atoms with Gasteiger partial charge in [-0.2, -0.15) is 8.42 Å². The van der Waals surface area contributed by atoms with Crippen LogP contribution in [-0.2, 0) is 32.7 Å². The predicted octanol–water partition coefficient (Wildman–Crippen LogP) is 1.46. The highest BCUT2D eigenvalue weighted by atomic mass is 32.2. The second-order valence-corrected chi connectivity index (χ2v) is 8.19. The summed E-state index contributed by atoms with van der Waals surface area (Å²) in [6.07, 6.45) is 5.05. The zero-order chi connectivity index (χ0) is 21.8. The van der Waals surface area contributed by atoms with Gasteiger partial charge in [0.2, 0.25) is 0 Å². The minimum atomic E-state index is -3.51. The third-order valence-corrected chi connectivity index (χ3v) is 4.36. The summed E-state index contributed by atoms with van der Waals surface area (Å²) in [6.45, 7) is 2.69. The van der Waals surface area contributed by atoms with Crippen molar-refractivity contribution in [2.75, 3.05) is 6.26 Å². The third-order valence-electron chi connectivity index (χ3n) is 3.87. The summed E-state index contributed by atoms with van der Waals surface area (Å²) in [4.78, 5) is 19.1. The molecule has 1 unspecified atom stereocenters. The first-order valence-corrected chi connectivity index (χ1v) is 10.4. The number of carboxylic acids is 2. The van der Waals surface area contributed by atoms with Crippen LogP contribution in [0.2, 0.25) is 0 Å². The molecule has 4 N–H and O–H groups in total. The van der Waals surface area contributed by atoms with E-state index < -0.39 is 22.1 Å². The Kier molecular flexibility index (Phi) is 6.83. The van der Waals surface area contributed by atoms with E-state index >= 15 is 0 Å². The molecule has 2 aromatic rings. The lowest BCUT2D eigenvalue weighted by Crippen LogP contribution is -2.22. The van der Waals surface area contributed by atoms with Crippen LogP contribution in [0.4, 0.5) is 0 Å². The van der Waals surface area contributed by atoms with E-state index in [-0.39, 0.29) is 6.04 Å². The minimum Gasteiger partial charge on any atom is -0.478 e. The maximum Gasteiger partial charge on any atom is 0.328 e. The Balaban J connectivity index is 0.000000321. The number of benzene rings is 1. The number of aromatic nitrogens is 1. The zero-order valence-electron chi connectivity index (χ0n) is 15.9. The molecular weight excluding hydrogens is 400 g/mol. The standard InChI is InChI=1S/C15H18N2O3S.C4H4O4/c1-10(16)9-17-6-5-12-7-11-3-4-13(20-21(2,18)19)8-14(11)15(12)17;5-3(6)1-2-4(7)8/h3-6,8,10H,7,9,16H2,1-2H3;1-2H,(H,5,6)(H,7,8)/b;2-1+. The van der Waals surface area contributed by atoms with Crippen molar-refractivity contribution < 1.29 is 32.4 Å². The number of aliphatic carboxylic acids is 2. The predicted molar refractivity (Wildman–Crippen MR) is 106 cm³/mol. The molecule has 1 atom stereocenters. The fourth-order valence-electron chi connectivity index (χ4n) is 2.96. The van der Waals surface area contributed by atoms with Gasteiger partial charge in [0.1, 0.15) is 5.75 Å². The second-order valence-electron chi connectivity index (χ2n) is 6.61. The monoisotopic (exact) mass is 422 g/mol. The molecule has 1 aliphatic carbocycles. The number of fused-ring (bicyclic) bond motifs is 3. The molecule has 3 rings (SSSR count). The van der Waals surface area contributed by atoms with Gasteiger partial charge in [-0.25, -0.2) is 9.59 Å². The quantitative estimate of drug-likeness (QED) is 0.399. The second kappa shape index (κ2) is 8.93. The molecule has 0 bridgehead atoms. The van der Waals surface area contributed by atoms with Crippen molar-refractivity contribution in [2.24, 2.45) is 5.73 Å². The van der Waals surface area contributed by atoms with Gasteiger partial charge in [-0.3, -0.25) is 0 Å². The number of hydrogen-bond acceptors (Lipinski definition) is 6. The molecular formula is C19H22N2O7S. The number of carboxylic acid groups (broad SMARTS) is 2. The summed E-state index contributed by atoms with van der Waals surface area (Å²) in [7, 11) is -3.51. The van der Waals surface area contributed by atoms with E-state index in [0.717, 1.165) is 30.5 Å². The lowest BCUT2D eigenvalue weighted by atomic mass is 10.1. The zero-order valence-corrected chi connectivity index (χ0v) is 16.7. The summed E-state index contributed by atoms with van der Waals surface area (Å²) >= 11 is 0. The Bertz CT molecular complexity index is 1040. The molecule has 1 aromatic carbocycles. The molecule has 0 fully saturated rings. The van der Waals surface area contributed by atoms with Crippen molar-refractivity contribution >= 4 is 22.1 Å². The van der Waals surface area contributed by atoms with E-state index in [1.54, 1.807) is 12.1 Å². The lowest BCUT2D eigenvalue weighted by Gasteiger charge is -2.12. The van der Waals surface area contributed by atoms with Crippen molar-refractivity contribution in [1.29, 1.82) is 0 Å². The Morgan fingerprint density at radius 3 is 2.34 bits per heavy atom. The first-order valence-electron chi connectivity index (χ1n) is 8.56. The Labute approximate surface area is 168 Å². The van der Waals surface area contributed by atoms with Crippen LogP contribution in [0.5, 0.6) is 5.75 Å². The molecule has 1 heterocycles. The van der Waals surface area contributed by atoms with Crippen LogP contribution in [0, 0.1) is 0 Å². The van der Waals surface area contributed by atoms with Gasteiger partial charge in [0.25, 0.3) is 0 Å². The summed E-state index contributed by atoms with van der Waals surface area (Å²) in [5, 5.41) is 15.6. The molecule has 0 amide bonds. The number of hydrogen-bond donors (Lipinski definition) is 3. The maximum absolute atomic E-state index is 11.3. The highest BCUT2D eigenvalue weighted by Gasteiger charge is 2.23. The van der Waals surface area contributed by atoms with E-state index in [1.807, 2.05) is 19.2 Å². The van der Waals surface area contributed by atoms with Gasteiger partial charge in [0.05, 0.1) is 11.9 Å².